The van der Waals surface area contributed by atoms with Crippen molar-refractivity contribution in [2.45, 2.75) is 6.54 Å². The number of rotatable bonds is 4. The fourth-order valence-corrected chi connectivity index (χ4v) is 2.99. The third-order valence-electron chi connectivity index (χ3n) is 4.26. The Hall–Kier alpha value is -3.59. The van der Waals surface area contributed by atoms with Gasteiger partial charge in [-0.05, 0) is 35.9 Å². The number of fused-ring (bicyclic) bond motifs is 1. The highest BCUT2D eigenvalue weighted by molar-refractivity contribution is 6.31. The van der Waals surface area contributed by atoms with Gasteiger partial charge in [0.1, 0.15) is 11.4 Å². The minimum absolute atomic E-state index is 0.0751. The molecular formula is C19H13ClFN3O5. The van der Waals surface area contributed by atoms with Gasteiger partial charge in [0, 0.05) is 11.9 Å². The first-order valence-electron chi connectivity index (χ1n) is 8.40. The standard InChI is InChI=1S/C19H13ClFN3O5/c20-13-6-11(2-3-14(13)21)23-17(25)12-7-22-19(27)24(18(12)26)8-10-1-4-15-16(5-10)29-9-28-15/h1-7H,8-9H2,(H,22,27)(H,23,25). The van der Waals surface area contributed by atoms with E-state index in [9.17, 15) is 18.8 Å². The van der Waals surface area contributed by atoms with Gasteiger partial charge in [-0.1, -0.05) is 17.7 Å². The van der Waals surface area contributed by atoms with Gasteiger partial charge in [0.25, 0.3) is 11.5 Å². The van der Waals surface area contributed by atoms with E-state index in [1.807, 2.05) is 0 Å². The highest BCUT2D eigenvalue weighted by atomic mass is 35.5. The number of aromatic amines is 1. The topological polar surface area (TPSA) is 102 Å². The lowest BCUT2D eigenvalue weighted by Crippen LogP contribution is -2.39. The Kier molecular flexibility index (Phi) is 4.81. The van der Waals surface area contributed by atoms with E-state index in [1.165, 1.54) is 12.1 Å². The van der Waals surface area contributed by atoms with Crippen LogP contribution >= 0.6 is 11.6 Å². The molecule has 0 saturated heterocycles. The number of H-pyrrole nitrogens is 1. The zero-order valence-electron chi connectivity index (χ0n) is 14.7. The van der Waals surface area contributed by atoms with Crippen LogP contribution in [0.1, 0.15) is 15.9 Å². The first-order chi connectivity index (χ1) is 13.9. The Bertz CT molecular complexity index is 1240. The van der Waals surface area contributed by atoms with E-state index < -0.39 is 23.0 Å². The number of hydrogen-bond donors (Lipinski definition) is 2. The molecule has 1 aromatic heterocycles. The average molecular weight is 418 g/mol. The van der Waals surface area contributed by atoms with Gasteiger partial charge in [-0.25, -0.2) is 9.18 Å². The second-order valence-electron chi connectivity index (χ2n) is 6.17. The molecule has 1 amide bonds. The van der Waals surface area contributed by atoms with Crippen molar-refractivity contribution in [3.63, 3.8) is 0 Å². The van der Waals surface area contributed by atoms with E-state index >= 15 is 0 Å². The highest BCUT2D eigenvalue weighted by Crippen LogP contribution is 2.32. The predicted molar refractivity (Wildman–Crippen MR) is 102 cm³/mol. The van der Waals surface area contributed by atoms with Crippen LogP contribution < -0.4 is 26.0 Å². The largest absolute Gasteiger partial charge is 0.454 e. The van der Waals surface area contributed by atoms with Crippen LogP contribution in [0.4, 0.5) is 10.1 Å². The third kappa shape index (κ3) is 3.72. The Morgan fingerprint density at radius 3 is 2.76 bits per heavy atom. The number of aromatic nitrogens is 2. The van der Waals surface area contributed by atoms with Crippen LogP contribution in [0, 0.1) is 5.82 Å². The second-order valence-corrected chi connectivity index (χ2v) is 6.58. The minimum Gasteiger partial charge on any atom is -0.454 e. The molecule has 0 saturated carbocycles. The van der Waals surface area contributed by atoms with Crippen molar-refractivity contribution in [2.75, 3.05) is 12.1 Å². The lowest BCUT2D eigenvalue weighted by atomic mass is 10.2. The van der Waals surface area contributed by atoms with Crippen LogP contribution in [-0.2, 0) is 6.54 Å². The molecule has 2 heterocycles. The highest BCUT2D eigenvalue weighted by Gasteiger charge is 2.18. The number of carbonyl (C=O) groups is 1. The maximum Gasteiger partial charge on any atom is 0.328 e. The van der Waals surface area contributed by atoms with Gasteiger partial charge < -0.3 is 19.8 Å². The fourth-order valence-electron chi connectivity index (χ4n) is 2.81. The van der Waals surface area contributed by atoms with Crippen LogP contribution in [0.25, 0.3) is 0 Å². The molecule has 1 aliphatic heterocycles. The van der Waals surface area contributed by atoms with Gasteiger partial charge in [0.2, 0.25) is 6.79 Å². The Labute approximate surface area is 167 Å². The Balaban J connectivity index is 1.62. The summed E-state index contributed by atoms with van der Waals surface area (Å²) in [5, 5.41) is 2.27. The van der Waals surface area contributed by atoms with Gasteiger partial charge in [0.15, 0.2) is 11.5 Å². The van der Waals surface area contributed by atoms with E-state index in [1.54, 1.807) is 18.2 Å². The Morgan fingerprint density at radius 1 is 1.17 bits per heavy atom. The van der Waals surface area contributed by atoms with Gasteiger partial charge in [0.05, 0.1) is 11.6 Å². The number of hydrogen-bond acceptors (Lipinski definition) is 5. The first kappa shape index (κ1) is 18.8. The van der Waals surface area contributed by atoms with Crippen LogP contribution in [0.5, 0.6) is 11.5 Å². The molecule has 1 aliphatic rings. The number of halogens is 2. The minimum atomic E-state index is -0.780. The summed E-state index contributed by atoms with van der Waals surface area (Å²) in [5.74, 6) is -0.330. The number of ether oxygens (including phenoxy) is 2. The van der Waals surface area contributed by atoms with Gasteiger partial charge in [-0.15, -0.1) is 0 Å². The fraction of sp³-hybridized carbons (Fsp3) is 0.105. The van der Waals surface area contributed by atoms with E-state index in [2.05, 4.69) is 10.3 Å². The van der Waals surface area contributed by atoms with Crippen molar-refractivity contribution in [3.05, 3.63) is 85.4 Å². The molecule has 0 atom stereocenters. The SMILES string of the molecule is O=C(Nc1ccc(F)c(Cl)c1)c1c[nH]c(=O)n(Cc2ccc3c(c2)OCO3)c1=O. The number of nitrogens with zero attached hydrogens (tertiary/aromatic N) is 1. The molecule has 2 N–H and O–H groups in total. The lowest BCUT2D eigenvalue weighted by Gasteiger charge is -2.09. The quantitative estimate of drug-likeness (QED) is 0.678. The van der Waals surface area contributed by atoms with Crippen LogP contribution in [0.2, 0.25) is 5.02 Å². The van der Waals surface area contributed by atoms with Crippen molar-refractivity contribution >= 4 is 23.2 Å². The van der Waals surface area contributed by atoms with Crippen LogP contribution in [-0.4, -0.2) is 22.3 Å². The summed E-state index contributed by atoms with van der Waals surface area (Å²) in [5.41, 5.74) is -0.920. The molecular weight excluding hydrogens is 405 g/mol. The smallest absolute Gasteiger partial charge is 0.328 e. The molecule has 10 heteroatoms. The Morgan fingerprint density at radius 2 is 1.97 bits per heavy atom. The molecule has 0 aliphatic carbocycles. The number of nitrogens with one attached hydrogen (secondary N) is 2. The number of anilines is 1. The first-order valence-corrected chi connectivity index (χ1v) is 8.77. The van der Waals surface area contributed by atoms with Gasteiger partial charge in [-0.3, -0.25) is 14.2 Å². The molecule has 0 spiro atoms. The molecule has 8 nitrogen and oxygen atoms in total. The maximum atomic E-state index is 13.3. The number of carbonyl (C=O) groups excluding carboxylic acids is 1. The zero-order valence-corrected chi connectivity index (χ0v) is 15.5. The molecule has 0 bridgehead atoms. The number of benzene rings is 2. The summed E-state index contributed by atoms with van der Waals surface area (Å²) in [6.07, 6.45) is 1.03. The summed E-state index contributed by atoms with van der Waals surface area (Å²) in [4.78, 5) is 39.7. The normalized spacial score (nSPS) is 12.1. The molecule has 2 aromatic carbocycles. The van der Waals surface area contributed by atoms with E-state index in [0.717, 1.165) is 16.8 Å². The molecule has 0 fully saturated rings. The molecule has 0 radical (unpaired) electrons. The lowest BCUT2D eigenvalue weighted by molar-refractivity contribution is 0.102. The van der Waals surface area contributed by atoms with Crippen LogP contribution in [0.15, 0.2) is 52.2 Å². The van der Waals surface area contributed by atoms with Crippen molar-refractivity contribution in [2.24, 2.45) is 0 Å². The monoisotopic (exact) mass is 417 g/mol. The molecule has 3 aromatic rings. The van der Waals surface area contributed by atoms with E-state index in [4.69, 9.17) is 21.1 Å². The van der Waals surface area contributed by atoms with Crippen molar-refractivity contribution in [1.29, 1.82) is 0 Å². The summed E-state index contributed by atoms with van der Waals surface area (Å²) >= 11 is 5.69. The zero-order chi connectivity index (χ0) is 20.5. The molecule has 29 heavy (non-hydrogen) atoms. The second kappa shape index (κ2) is 7.44. The maximum absolute atomic E-state index is 13.3. The predicted octanol–water partition coefficient (Wildman–Crippen LogP) is 2.36. The third-order valence-corrected chi connectivity index (χ3v) is 4.55. The average Bonchev–Trinajstić information content (AvgIpc) is 3.16. The van der Waals surface area contributed by atoms with Crippen molar-refractivity contribution < 1.29 is 18.7 Å². The van der Waals surface area contributed by atoms with Crippen molar-refractivity contribution in [1.82, 2.24) is 9.55 Å². The van der Waals surface area contributed by atoms with Crippen LogP contribution in [0.3, 0.4) is 0 Å². The summed E-state index contributed by atoms with van der Waals surface area (Å²) in [6, 6.07) is 8.62. The summed E-state index contributed by atoms with van der Waals surface area (Å²) in [6.45, 7) is 0.0245. The molecule has 0 unspecified atom stereocenters. The molecule has 4 rings (SSSR count). The molecule has 148 valence electrons. The summed E-state index contributed by atoms with van der Waals surface area (Å²) < 4.78 is 24.7. The van der Waals surface area contributed by atoms with Gasteiger partial charge in [-0.2, -0.15) is 0 Å². The summed E-state index contributed by atoms with van der Waals surface area (Å²) in [7, 11) is 0. The van der Waals surface area contributed by atoms with Crippen molar-refractivity contribution in [3.8, 4) is 11.5 Å². The van der Waals surface area contributed by atoms with E-state index in [0.29, 0.717) is 17.1 Å². The number of amides is 1. The van der Waals surface area contributed by atoms with Gasteiger partial charge >= 0.3 is 5.69 Å². The van der Waals surface area contributed by atoms with E-state index in [-0.39, 0.29) is 29.6 Å².